The van der Waals surface area contributed by atoms with E-state index >= 15 is 0 Å². The number of hydrogen-bond donors (Lipinski definition) is 2. The molecule has 5 heteroatoms. The summed E-state index contributed by atoms with van der Waals surface area (Å²) in [5.41, 5.74) is 1.39. The van der Waals surface area contributed by atoms with Gasteiger partial charge >= 0.3 is 0 Å². The molecule has 1 fully saturated rings. The SMILES string of the molecule is CC(CNC(=O)CCc1cc2ccccc2[nH]c1=O)N1CCCC1. The first-order valence-electron chi connectivity index (χ1n) is 8.75. The number of pyridine rings is 1. The van der Waals surface area contributed by atoms with E-state index in [-0.39, 0.29) is 11.5 Å². The summed E-state index contributed by atoms with van der Waals surface area (Å²) >= 11 is 0. The quantitative estimate of drug-likeness (QED) is 0.853. The largest absolute Gasteiger partial charge is 0.355 e. The molecule has 0 spiro atoms. The Bertz CT molecular complexity index is 763. The Morgan fingerprint density at radius 3 is 2.83 bits per heavy atom. The second-order valence-electron chi connectivity index (χ2n) is 6.61. The first-order chi connectivity index (χ1) is 11.6. The molecule has 1 aromatic heterocycles. The molecule has 2 aromatic rings. The van der Waals surface area contributed by atoms with E-state index < -0.39 is 0 Å². The van der Waals surface area contributed by atoms with E-state index in [0.29, 0.717) is 31.0 Å². The number of carbonyl (C=O) groups excluding carboxylic acids is 1. The lowest BCUT2D eigenvalue weighted by atomic mass is 10.1. The summed E-state index contributed by atoms with van der Waals surface area (Å²) in [6.07, 6.45) is 3.31. The van der Waals surface area contributed by atoms with Gasteiger partial charge in [0, 0.05) is 30.1 Å². The first kappa shape index (κ1) is 16.7. The third kappa shape index (κ3) is 4.03. The number of aryl methyl sites for hydroxylation is 1. The maximum Gasteiger partial charge on any atom is 0.251 e. The van der Waals surface area contributed by atoms with E-state index in [1.807, 2.05) is 30.3 Å². The Balaban J connectivity index is 1.52. The number of hydrogen-bond acceptors (Lipinski definition) is 3. The molecule has 24 heavy (non-hydrogen) atoms. The van der Waals surface area contributed by atoms with Crippen molar-refractivity contribution in [1.29, 1.82) is 0 Å². The number of benzene rings is 1. The van der Waals surface area contributed by atoms with Crippen LogP contribution in [0, 0.1) is 0 Å². The minimum Gasteiger partial charge on any atom is -0.355 e. The number of aromatic amines is 1. The van der Waals surface area contributed by atoms with Gasteiger partial charge in [0.2, 0.25) is 5.91 Å². The van der Waals surface area contributed by atoms with Crippen molar-refractivity contribution in [2.24, 2.45) is 0 Å². The molecule has 0 saturated carbocycles. The molecule has 1 unspecified atom stereocenters. The van der Waals surface area contributed by atoms with Crippen molar-refractivity contribution in [3.63, 3.8) is 0 Å². The molecule has 128 valence electrons. The predicted molar refractivity (Wildman–Crippen MR) is 96.2 cm³/mol. The predicted octanol–water partition coefficient (Wildman–Crippen LogP) is 2.06. The zero-order valence-electron chi connectivity index (χ0n) is 14.2. The average Bonchev–Trinajstić information content (AvgIpc) is 3.12. The number of rotatable bonds is 6. The number of likely N-dealkylation sites (tertiary alicyclic amines) is 1. The van der Waals surface area contributed by atoms with Crippen LogP contribution in [0.15, 0.2) is 35.1 Å². The van der Waals surface area contributed by atoms with Gasteiger partial charge in [0.25, 0.3) is 5.56 Å². The zero-order chi connectivity index (χ0) is 16.9. The molecule has 2 heterocycles. The summed E-state index contributed by atoms with van der Waals surface area (Å²) in [5.74, 6) is 0.00797. The summed E-state index contributed by atoms with van der Waals surface area (Å²) < 4.78 is 0. The molecule has 5 nitrogen and oxygen atoms in total. The van der Waals surface area contributed by atoms with Crippen molar-refractivity contribution >= 4 is 16.8 Å². The Kier molecular flexibility index (Phi) is 5.30. The Labute approximate surface area is 142 Å². The maximum absolute atomic E-state index is 12.1. The Morgan fingerprint density at radius 2 is 2.04 bits per heavy atom. The standard InChI is InChI=1S/C19H25N3O2/c1-14(22-10-4-5-11-22)13-20-18(23)9-8-16-12-15-6-2-3-7-17(15)21-19(16)24/h2-3,6-7,12,14H,4-5,8-11,13H2,1H3,(H,20,23)(H,21,24). The normalized spacial score (nSPS) is 16.4. The Morgan fingerprint density at radius 1 is 1.29 bits per heavy atom. The molecule has 1 atom stereocenters. The third-order valence-electron chi connectivity index (χ3n) is 4.81. The Hall–Kier alpha value is -2.14. The van der Waals surface area contributed by atoms with Gasteiger partial charge in [-0.3, -0.25) is 14.5 Å². The highest BCUT2D eigenvalue weighted by Gasteiger charge is 2.18. The van der Waals surface area contributed by atoms with Gasteiger partial charge < -0.3 is 10.3 Å². The number of carbonyl (C=O) groups is 1. The van der Waals surface area contributed by atoms with Gasteiger partial charge in [-0.1, -0.05) is 18.2 Å². The van der Waals surface area contributed by atoms with Crippen molar-refractivity contribution in [2.45, 2.75) is 38.6 Å². The summed E-state index contributed by atoms with van der Waals surface area (Å²) in [5, 5.41) is 3.99. The number of nitrogens with one attached hydrogen (secondary N) is 2. The van der Waals surface area contributed by atoms with E-state index in [0.717, 1.165) is 24.0 Å². The van der Waals surface area contributed by atoms with Crippen molar-refractivity contribution in [3.05, 3.63) is 46.2 Å². The van der Waals surface area contributed by atoms with Crippen LogP contribution in [0.2, 0.25) is 0 Å². The van der Waals surface area contributed by atoms with Crippen LogP contribution in [-0.2, 0) is 11.2 Å². The van der Waals surface area contributed by atoms with Crippen LogP contribution in [0.5, 0.6) is 0 Å². The molecular formula is C19H25N3O2. The monoisotopic (exact) mass is 327 g/mol. The molecule has 2 N–H and O–H groups in total. The molecule has 3 rings (SSSR count). The summed E-state index contributed by atoms with van der Waals surface area (Å²) in [7, 11) is 0. The highest BCUT2D eigenvalue weighted by atomic mass is 16.1. The number of para-hydroxylation sites is 1. The summed E-state index contributed by atoms with van der Waals surface area (Å²) in [6, 6.07) is 9.94. The zero-order valence-corrected chi connectivity index (χ0v) is 14.2. The summed E-state index contributed by atoms with van der Waals surface area (Å²) in [4.78, 5) is 29.4. The van der Waals surface area contributed by atoms with Gasteiger partial charge in [0.05, 0.1) is 0 Å². The molecule has 1 aliphatic heterocycles. The van der Waals surface area contributed by atoms with E-state index in [9.17, 15) is 9.59 Å². The van der Waals surface area contributed by atoms with E-state index in [1.54, 1.807) is 0 Å². The number of fused-ring (bicyclic) bond motifs is 1. The van der Waals surface area contributed by atoms with Gasteiger partial charge in [-0.15, -0.1) is 0 Å². The minimum atomic E-state index is -0.105. The topological polar surface area (TPSA) is 65.2 Å². The molecule has 1 saturated heterocycles. The fourth-order valence-electron chi connectivity index (χ4n) is 3.29. The first-order valence-corrected chi connectivity index (χ1v) is 8.75. The smallest absolute Gasteiger partial charge is 0.251 e. The fraction of sp³-hybridized carbons (Fsp3) is 0.474. The number of aromatic nitrogens is 1. The average molecular weight is 327 g/mol. The fourth-order valence-corrected chi connectivity index (χ4v) is 3.29. The highest BCUT2D eigenvalue weighted by molar-refractivity contribution is 5.79. The van der Waals surface area contributed by atoms with Gasteiger partial charge in [-0.25, -0.2) is 0 Å². The lowest BCUT2D eigenvalue weighted by Crippen LogP contribution is -2.40. The van der Waals surface area contributed by atoms with Crippen molar-refractivity contribution < 1.29 is 4.79 Å². The van der Waals surface area contributed by atoms with Crippen molar-refractivity contribution in [3.8, 4) is 0 Å². The van der Waals surface area contributed by atoms with Crippen LogP contribution in [0.1, 0.15) is 31.7 Å². The van der Waals surface area contributed by atoms with Gasteiger partial charge in [-0.2, -0.15) is 0 Å². The van der Waals surface area contributed by atoms with Crippen LogP contribution in [0.4, 0.5) is 0 Å². The van der Waals surface area contributed by atoms with Gasteiger partial charge in [0.15, 0.2) is 0 Å². The van der Waals surface area contributed by atoms with Crippen molar-refractivity contribution in [1.82, 2.24) is 15.2 Å². The van der Waals surface area contributed by atoms with E-state index in [2.05, 4.69) is 22.1 Å². The van der Waals surface area contributed by atoms with Crippen LogP contribution in [0.25, 0.3) is 10.9 Å². The number of amides is 1. The second-order valence-corrected chi connectivity index (χ2v) is 6.61. The molecule has 0 bridgehead atoms. The van der Waals surface area contributed by atoms with E-state index in [1.165, 1.54) is 12.8 Å². The molecular weight excluding hydrogens is 302 g/mol. The van der Waals surface area contributed by atoms with Crippen LogP contribution in [0.3, 0.4) is 0 Å². The van der Waals surface area contributed by atoms with E-state index in [4.69, 9.17) is 0 Å². The van der Waals surface area contributed by atoms with Crippen molar-refractivity contribution in [2.75, 3.05) is 19.6 Å². The molecule has 0 aliphatic carbocycles. The third-order valence-corrected chi connectivity index (χ3v) is 4.81. The maximum atomic E-state index is 12.1. The molecule has 1 aliphatic rings. The van der Waals surface area contributed by atoms with Crippen LogP contribution >= 0.6 is 0 Å². The van der Waals surface area contributed by atoms with Crippen LogP contribution < -0.4 is 10.9 Å². The molecule has 1 aromatic carbocycles. The number of nitrogens with zero attached hydrogens (tertiary/aromatic N) is 1. The van der Waals surface area contributed by atoms with Gasteiger partial charge in [0.1, 0.15) is 0 Å². The molecule has 1 amide bonds. The number of H-pyrrole nitrogens is 1. The highest BCUT2D eigenvalue weighted by Crippen LogP contribution is 2.12. The second kappa shape index (κ2) is 7.62. The lowest BCUT2D eigenvalue weighted by Gasteiger charge is -2.23. The van der Waals surface area contributed by atoms with Gasteiger partial charge in [-0.05, 0) is 56.8 Å². The lowest BCUT2D eigenvalue weighted by molar-refractivity contribution is -0.121. The molecule has 0 radical (unpaired) electrons. The van der Waals surface area contributed by atoms with Crippen LogP contribution in [-0.4, -0.2) is 41.5 Å². The summed E-state index contributed by atoms with van der Waals surface area (Å²) in [6.45, 7) is 5.08. The minimum absolute atomic E-state index is 0.00797.